The average Bonchev–Trinajstić information content (AvgIpc) is 2.75. The Morgan fingerprint density at radius 3 is 2.83 bits per heavy atom. The Bertz CT molecular complexity index is 606. The van der Waals surface area contributed by atoms with Crippen molar-refractivity contribution in [1.29, 1.82) is 0 Å². The van der Waals surface area contributed by atoms with Gasteiger partial charge in [0.25, 0.3) is 5.91 Å². The fourth-order valence-corrected chi connectivity index (χ4v) is 2.17. The Hall–Kier alpha value is -2.01. The molecule has 1 amide bonds. The lowest BCUT2D eigenvalue weighted by Crippen LogP contribution is -2.16. The van der Waals surface area contributed by atoms with E-state index in [1.165, 1.54) is 6.07 Å². The van der Waals surface area contributed by atoms with E-state index < -0.39 is 5.91 Å². The number of nitrogens with two attached hydrogens (primary N) is 2. The Morgan fingerprint density at radius 1 is 1.50 bits per heavy atom. The number of hydrogen-bond donors (Lipinski definition) is 2. The largest absolute Gasteiger partial charge is 0.399 e. The zero-order valence-corrected chi connectivity index (χ0v) is 10.6. The molecule has 1 aromatic heterocycles. The Balaban J connectivity index is 2.74. The van der Waals surface area contributed by atoms with E-state index in [4.69, 9.17) is 23.1 Å². The third-order valence-corrected chi connectivity index (χ3v) is 2.91. The molecular formula is C12H13ClN4O. The van der Waals surface area contributed by atoms with E-state index in [1.54, 1.807) is 23.0 Å². The molecule has 0 unspecified atom stereocenters. The molecule has 6 heteroatoms. The summed E-state index contributed by atoms with van der Waals surface area (Å²) in [5.74, 6) is 0.221. The number of rotatable bonds is 3. The molecule has 18 heavy (non-hydrogen) atoms. The summed E-state index contributed by atoms with van der Waals surface area (Å²) in [6.07, 6.45) is 4.10. The molecule has 0 bridgehead atoms. The SMILES string of the molecule is CCc1nccn1-c1c(Cl)cc(N)cc1C(N)=O. The van der Waals surface area contributed by atoms with Crippen molar-refractivity contribution in [2.75, 3.05) is 5.73 Å². The summed E-state index contributed by atoms with van der Waals surface area (Å²) in [5, 5.41) is 0.372. The van der Waals surface area contributed by atoms with E-state index in [1.807, 2.05) is 6.92 Å². The van der Waals surface area contributed by atoms with Crippen LogP contribution < -0.4 is 11.5 Å². The monoisotopic (exact) mass is 264 g/mol. The number of nitrogens with zero attached hydrogens (tertiary/aromatic N) is 2. The second-order valence-corrected chi connectivity index (χ2v) is 4.24. The van der Waals surface area contributed by atoms with Crippen LogP contribution in [0.4, 0.5) is 5.69 Å². The molecule has 0 aliphatic rings. The van der Waals surface area contributed by atoms with Gasteiger partial charge in [-0.25, -0.2) is 4.98 Å². The fraction of sp³-hybridized carbons (Fsp3) is 0.167. The van der Waals surface area contributed by atoms with Crippen molar-refractivity contribution in [1.82, 2.24) is 9.55 Å². The first kappa shape index (κ1) is 12.4. The number of amides is 1. The number of carbonyl (C=O) groups excluding carboxylic acids is 1. The number of nitrogen functional groups attached to an aromatic ring is 1. The van der Waals surface area contributed by atoms with Crippen LogP contribution in [0.3, 0.4) is 0 Å². The Labute approximate surface area is 109 Å². The van der Waals surface area contributed by atoms with Crippen molar-refractivity contribution >= 4 is 23.2 Å². The van der Waals surface area contributed by atoms with E-state index in [9.17, 15) is 4.79 Å². The first-order valence-electron chi connectivity index (χ1n) is 5.46. The highest BCUT2D eigenvalue weighted by atomic mass is 35.5. The summed E-state index contributed by atoms with van der Waals surface area (Å²) >= 11 is 6.16. The van der Waals surface area contributed by atoms with Crippen molar-refractivity contribution in [3.8, 4) is 5.69 Å². The van der Waals surface area contributed by atoms with Gasteiger partial charge in [0, 0.05) is 24.5 Å². The summed E-state index contributed by atoms with van der Waals surface area (Å²) in [5.41, 5.74) is 12.2. The summed E-state index contributed by atoms with van der Waals surface area (Å²) < 4.78 is 1.75. The summed E-state index contributed by atoms with van der Waals surface area (Å²) in [7, 11) is 0. The maximum atomic E-state index is 11.5. The Morgan fingerprint density at radius 2 is 2.22 bits per heavy atom. The third kappa shape index (κ3) is 2.04. The highest BCUT2D eigenvalue weighted by molar-refractivity contribution is 6.33. The molecule has 0 fully saturated rings. The molecule has 4 N–H and O–H groups in total. The topological polar surface area (TPSA) is 86.9 Å². The molecule has 0 aliphatic carbocycles. The fourth-order valence-electron chi connectivity index (χ4n) is 1.85. The second-order valence-electron chi connectivity index (χ2n) is 3.83. The second kappa shape index (κ2) is 4.70. The van der Waals surface area contributed by atoms with Gasteiger partial charge in [-0.1, -0.05) is 18.5 Å². The highest BCUT2D eigenvalue weighted by Crippen LogP contribution is 2.28. The molecule has 1 aromatic carbocycles. The maximum absolute atomic E-state index is 11.5. The maximum Gasteiger partial charge on any atom is 0.250 e. The minimum absolute atomic E-state index is 0.285. The number of aromatic nitrogens is 2. The first-order valence-corrected chi connectivity index (χ1v) is 5.83. The van der Waals surface area contributed by atoms with Gasteiger partial charge < -0.3 is 16.0 Å². The molecule has 2 aromatic rings. The van der Waals surface area contributed by atoms with Crippen molar-refractivity contribution in [3.63, 3.8) is 0 Å². The molecule has 94 valence electrons. The molecule has 0 spiro atoms. The number of aryl methyl sites for hydroxylation is 1. The number of carbonyl (C=O) groups is 1. The molecule has 0 atom stereocenters. The molecule has 0 saturated heterocycles. The van der Waals surface area contributed by atoms with Crippen molar-refractivity contribution in [2.45, 2.75) is 13.3 Å². The molecule has 5 nitrogen and oxygen atoms in total. The predicted octanol–water partition coefficient (Wildman–Crippen LogP) is 1.77. The number of benzene rings is 1. The van der Waals surface area contributed by atoms with Gasteiger partial charge in [0.05, 0.1) is 16.3 Å². The van der Waals surface area contributed by atoms with E-state index in [-0.39, 0.29) is 5.56 Å². The summed E-state index contributed by atoms with van der Waals surface area (Å²) in [4.78, 5) is 15.7. The van der Waals surface area contributed by atoms with Gasteiger partial charge in [-0.2, -0.15) is 0 Å². The van der Waals surface area contributed by atoms with Gasteiger partial charge in [-0.05, 0) is 12.1 Å². The van der Waals surface area contributed by atoms with Crippen LogP contribution in [0, 0.1) is 0 Å². The number of imidazole rings is 1. The van der Waals surface area contributed by atoms with Crippen molar-refractivity contribution in [3.05, 3.63) is 40.9 Å². The predicted molar refractivity (Wildman–Crippen MR) is 70.9 cm³/mol. The lowest BCUT2D eigenvalue weighted by molar-refractivity contribution is 0.100. The van der Waals surface area contributed by atoms with E-state index in [0.29, 0.717) is 22.8 Å². The number of primary amides is 1. The minimum atomic E-state index is -0.574. The summed E-state index contributed by atoms with van der Waals surface area (Å²) in [6, 6.07) is 3.10. The quantitative estimate of drug-likeness (QED) is 0.828. The molecular weight excluding hydrogens is 252 g/mol. The van der Waals surface area contributed by atoms with Crippen LogP contribution in [0.25, 0.3) is 5.69 Å². The highest BCUT2D eigenvalue weighted by Gasteiger charge is 2.16. The van der Waals surface area contributed by atoms with Crippen molar-refractivity contribution < 1.29 is 4.79 Å². The first-order chi connectivity index (χ1) is 8.54. The average molecular weight is 265 g/mol. The van der Waals surface area contributed by atoms with Gasteiger partial charge in [0.2, 0.25) is 0 Å². The molecule has 0 radical (unpaired) electrons. The van der Waals surface area contributed by atoms with Crippen LogP contribution in [0.15, 0.2) is 24.5 Å². The van der Waals surface area contributed by atoms with E-state index >= 15 is 0 Å². The minimum Gasteiger partial charge on any atom is -0.399 e. The third-order valence-electron chi connectivity index (χ3n) is 2.63. The van der Waals surface area contributed by atoms with Crippen LogP contribution in [0.2, 0.25) is 5.02 Å². The number of hydrogen-bond acceptors (Lipinski definition) is 3. The van der Waals surface area contributed by atoms with Gasteiger partial charge in [-0.3, -0.25) is 4.79 Å². The van der Waals surface area contributed by atoms with E-state index in [0.717, 1.165) is 5.82 Å². The lowest BCUT2D eigenvalue weighted by Gasteiger charge is -2.13. The standard InChI is InChI=1S/C12H13ClN4O/c1-2-10-16-3-4-17(10)11-8(12(15)18)5-7(14)6-9(11)13/h3-6H,2,14H2,1H3,(H2,15,18). The molecule has 0 aliphatic heterocycles. The van der Waals surface area contributed by atoms with E-state index in [2.05, 4.69) is 4.98 Å². The lowest BCUT2D eigenvalue weighted by atomic mass is 10.1. The van der Waals surface area contributed by atoms with Gasteiger partial charge in [-0.15, -0.1) is 0 Å². The molecule has 2 rings (SSSR count). The van der Waals surface area contributed by atoms with Crippen LogP contribution in [0.1, 0.15) is 23.1 Å². The van der Waals surface area contributed by atoms with Gasteiger partial charge >= 0.3 is 0 Å². The smallest absolute Gasteiger partial charge is 0.250 e. The van der Waals surface area contributed by atoms with Gasteiger partial charge in [0.1, 0.15) is 5.82 Å². The summed E-state index contributed by atoms with van der Waals surface area (Å²) in [6.45, 7) is 1.97. The van der Waals surface area contributed by atoms with Crippen LogP contribution in [-0.2, 0) is 6.42 Å². The normalized spacial score (nSPS) is 10.6. The van der Waals surface area contributed by atoms with Crippen molar-refractivity contribution in [2.24, 2.45) is 5.73 Å². The van der Waals surface area contributed by atoms with Crippen LogP contribution >= 0.6 is 11.6 Å². The molecule has 0 saturated carbocycles. The zero-order chi connectivity index (χ0) is 13.3. The number of anilines is 1. The van der Waals surface area contributed by atoms with Crippen LogP contribution in [0.5, 0.6) is 0 Å². The van der Waals surface area contributed by atoms with Gasteiger partial charge in [0.15, 0.2) is 0 Å². The van der Waals surface area contributed by atoms with Crippen LogP contribution in [-0.4, -0.2) is 15.5 Å². The molecule has 1 heterocycles. The Kier molecular flexibility index (Phi) is 3.25. The number of halogens is 1. The zero-order valence-electron chi connectivity index (χ0n) is 9.85.